The van der Waals surface area contributed by atoms with E-state index in [2.05, 4.69) is 11.1 Å². The number of ether oxygens (including phenoxy) is 2. The smallest absolute Gasteiger partial charge is 0.270 e. The van der Waals surface area contributed by atoms with E-state index >= 15 is 0 Å². The highest BCUT2D eigenvalue weighted by atomic mass is 16.6. The van der Waals surface area contributed by atoms with E-state index in [0.717, 1.165) is 28.6 Å². The molecule has 0 saturated carbocycles. The summed E-state index contributed by atoms with van der Waals surface area (Å²) in [4.78, 5) is 29.6. The van der Waals surface area contributed by atoms with Gasteiger partial charge in [0.1, 0.15) is 13.2 Å². The van der Waals surface area contributed by atoms with Crippen molar-refractivity contribution in [2.24, 2.45) is 0 Å². The molecular weight excluding hydrogens is 458 g/mol. The molecule has 3 aromatic carbocycles. The summed E-state index contributed by atoms with van der Waals surface area (Å²) in [6.07, 6.45) is 3.82. The number of fused-ring (bicyclic) bond motifs is 4. The minimum Gasteiger partial charge on any atom is -0.486 e. The van der Waals surface area contributed by atoms with Crippen molar-refractivity contribution in [3.8, 4) is 11.5 Å². The van der Waals surface area contributed by atoms with Crippen LogP contribution in [-0.2, 0) is 11.2 Å². The van der Waals surface area contributed by atoms with E-state index in [-0.39, 0.29) is 17.6 Å². The van der Waals surface area contributed by atoms with Gasteiger partial charge in [0.2, 0.25) is 5.91 Å². The van der Waals surface area contributed by atoms with E-state index in [9.17, 15) is 14.9 Å². The molecule has 1 unspecified atom stereocenters. The van der Waals surface area contributed by atoms with Crippen molar-refractivity contribution in [2.75, 3.05) is 19.8 Å². The minimum atomic E-state index is -0.445. The second kappa shape index (κ2) is 8.88. The van der Waals surface area contributed by atoms with E-state index in [4.69, 9.17) is 9.47 Å². The Morgan fingerprint density at radius 1 is 1.03 bits per heavy atom. The lowest BCUT2D eigenvalue weighted by Gasteiger charge is -2.36. The quantitative estimate of drug-likeness (QED) is 0.250. The fourth-order valence-electron chi connectivity index (χ4n) is 5.06. The summed E-state index contributed by atoms with van der Waals surface area (Å²) in [7, 11) is 0. The number of non-ortho nitro benzene ring substituents is 1. The largest absolute Gasteiger partial charge is 0.486 e. The Bertz CT molecular complexity index is 1520. The fourth-order valence-corrected chi connectivity index (χ4v) is 5.06. The third kappa shape index (κ3) is 3.86. The molecule has 8 nitrogen and oxygen atoms in total. The van der Waals surface area contributed by atoms with Gasteiger partial charge in [0, 0.05) is 41.4 Å². The van der Waals surface area contributed by atoms with Gasteiger partial charge in [0.25, 0.3) is 5.69 Å². The molecule has 8 heteroatoms. The SMILES string of the molecule is O=C(C=Cc1cccc([N+](=O)[O-])c1)N1CCc2c([nH]c3ccccc23)C1c1ccc2c(c1)OCCO2. The van der Waals surface area contributed by atoms with Crippen molar-refractivity contribution in [3.05, 3.63) is 105 Å². The number of nitrogens with zero attached hydrogens (tertiary/aromatic N) is 2. The van der Waals surface area contributed by atoms with E-state index in [1.165, 1.54) is 23.8 Å². The molecule has 0 aliphatic carbocycles. The predicted molar refractivity (Wildman–Crippen MR) is 135 cm³/mol. The maximum Gasteiger partial charge on any atom is 0.270 e. The molecular formula is C28H23N3O5. The number of rotatable bonds is 4. The lowest BCUT2D eigenvalue weighted by molar-refractivity contribution is -0.384. The average molecular weight is 482 g/mol. The van der Waals surface area contributed by atoms with Gasteiger partial charge < -0.3 is 19.4 Å². The topological polar surface area (TPSA) is 97.7 Å². The minimum absolute atomic E-state index is 0.0144. The molecule has 0 fully saturated rings. The number of carbonyl (C=O) groups is 1. The van der Waals surface area contributed by atoms with Crippen LogP contribution in [-0.4, -0.2) is 40.5 Å². The number of nitro benzene ring substituents is 1. The van der Waals surface area contributed by atoms with Gasteiger partial charge in [-0.1, -0.05) is 36.4 Å². The van der Waals surface area contributed by atoms with Crippen LogP contribution < -0.4 is 9.47 Å². The third-order valence-corrected chi connectivity index (χ3v) is 6.70. The van der Waals surface area contributed by atoms with Gasteiger partial charge in [-0.3, -0.25) is 14.9 Å². The van der Waals surface area contributed by atoms with Gasteiger partial charge in [-0.05, 0) is 47.4 Å². The van der Waals surface area contributed by atoms with Crippen molar-refractivity contribution in [2.45, 2.75) is 12.5 Å². The van der Waals surface area contributed by atoms with Crippen LogP contribution in [0.4, 0.5) is 5.69 Å². The van der Waals surface area contributed by atoms with Gasteiger partial charge in [-0.2, -0.15) is 0 Å². The van der Waals surface area contributed by atoms with Gasteiger partial charge in [-0.15, -0.1) is 0 Å². The maximum absolute atomic E-state index is 13.5. The summed E-state index contributed by atoms with van der Waals surface area (Å²) in [6, 6.07) is 19.9. The highest BCUT2D eigenvalue weighted by molar-refractivity contribution is 5.93. The molecule has 36 heavy (non-hydrogen) atoms. The van der Waals surface area contributed by atoms with Crippen molar-refractivity contribution in [1.29, 1.82) is 0 Å². The maximum atomic E-state index is 13.5. The zero-order valence-electron chi connectivity index (χ0n) is 19.3. The molecule has 2 aliphatic heterocycles. The van der Waals surface area contributed by atoms with Crippen LogP contribution in [0.3, 0.4) is 0 Å². The Balaban J connectivity index is 1.40. The first-order valence-electron chi connectivity index (χ1n) is 11.8. The monoisotopic (exact) mass is 481 g/mol. The molecule has 1 aromatic heterocycles. The number of benzene rings is 3. The van der Waals surface area contributed by atoms with Gasteiger partial charge in [-0.25, -0.2) is 0 Å². The van der Waals surface area contributed by atoms with Crippen molar-refractivity contribution in [1.82, 2.24) is 9.88 Å². The summed E-state index contributed by atoms with van der Waals surface area (Å²) in [5.41, 5.74) is 4.72. The van der Waals surface area contributed by atoms with Crippen molar-refractivity contribution in [3.63, 3.8) is 0 Å². The molecule has 1 N–H and O–H groups in total. The van der Waals surface area contributed by atoms with Gasteiger partial charge >= 0.3 is 0 Å². The first-order valence-corrected chi connectivity index (χ1v) is 11.8. The number of aromatic amines is 1. The second-order valence-electron chi connectivity index (χ2n) is 8.84. The molecule has 6 rings (SSSR count). The van der Waals surface area contributed by atoms with Crippen LogP contribution in [0.15, 0.2) is 72.8 Å². The Hall–Kier alpha value is -4.59. The molecule has 2 aliphatic rings. The highest BCUT2D eigenvalue weighted by Crippen LogP contribution is 2.41. The molecule has 180 valence electrons. The first kappa shape index (κ1) is 21.9. The van der Waals surface area contributed by atoms with Crippen LogP contribution in [0.2, 0.25) is 0 Å². The lowest BCUT2D eigenvalue weighted by atomic mass is 9.92. The summed E-state index contributed by atoms with van der Waals surface area (Å²) >= 11 is 0. The Labute approximate surface area is 206 Å². The summed E-state index contributed by atoms with van der Waals surface area (Å²) in [5, 5.41) is 12.3. The van der Waals surface area contributed by atoms with E-state index in [1.807, 2.05) is 41.3 Å². The average Bonchev–Trinajstić information content (AvgIpc) is 3.30. The van der Waals surface area contributed by atoms with Crippen molar-refractivity contribution < 1.29 is 19.2 Å². The van der Waals surface area contributed by atoms with Crippen LogP contribution in [0.25, 0.3) is 17.0 Å². The zero-order chi connectivity index (χ0) is 24.6. The summed E-state index contributed by atoms with van der Waals surface area (Å²) in [6.45, 7) is 1.52. The molecule has 3 heterocycles. The summed E-state index contributed by atoms with van der Waals surface area (Å²) < 4.78 is 11.5. The second-order valence-corrected chi connectivity index (χ2v) is 8.84. The molecule has 0 radical (unpaired) electrons. The van der Waals surface area contributed by atoms with E-state index < -0.39 is 4.92 Å². The number of hydrogen-bond donors (Lipinski definition) is 1. The number of para-hydroxylation sites is 1. The number of aromatic nitrogens is 1. The Morgan fingerprint density at radius 3 is 2.72 bits per heavy atom. The Morgan fingerprint density at radius 2 is 1.86 bits per heavy atom. The van der Waals surface area contributed by atoms with E-state index in [1.54, 1.807) is 18.2 Å². The summed E-state index contributed by atoms with van der Waals surface area (Å²) in [5.74, 6) is 1.19. The molecule has 0 saturated heterocycles. The normalized spacial score (nSPS) is 16.8. The van der Waals surface area contributed by atoms with Crippen molar-refractivity contribution >= 4 is 28.6 Å². The predicted octanol–water partition coefficient (Wildman–Crippen LogP) is 5.03. The fraction of sp³-hybridized carbons (Fsp3) is 0.179. The molecule has 1 atom stereocenters. The number of carbonyl (C=O) groups excluding carboxylic acids is 1. The number of amides is 1. The number of hydrogen-bond acceptors (Lipinski definition) is 5. The third-order valence-electron chi connectivity index (χ3n) is 6.70. The van der Waals surface area contributed by atoms with E-state index in [0.29, 0.717) is 36.8 Å². The van der Waals surface area contributed by atoms with Gasteiger partial charge in [0.15, 0.2) is 11.5 Å². The molecule has 0 spiro atoms. The van der Waals surface area contributed by atoms with Gasteiger partial charge in [0.05, 0.1) is 11.0 Å². The first-order chi connectivity index (χ1) is 17.6. The van der Waals surface area contributed by atoms with Crippen LogP contribution in [0.1, 0.15) is 28.4 Å². The van der Waals surface area contributed by atoms with Crippen LogP contribution >= 0.6 is 0 Å². The zero-order valence-corrected chi connectivity index (χ0v) is 19.3. The number of H-pyrrole nitrogens is 1. The molecule has 4 aromatic rings. The van der Waals surface area contributed by atoms with Crippen LogP contribution in [0, 0.1) is 10.1 Å². The number of nitrogens with one attached hydrogen (secondary N) is 1. The van der Waals surface area contributed by atoms with Crippen LogP contribution in [0.5, 0.6) is 11.5 Å². The Kier molecular flexibility index (Phi) is 5.41. The molecule has 0 bridgehead atoms. The molecule has 1 amide bonds. The highest BCUT2D eigenvalue weighted by Gasteiger charge is 2.34. The standard InChI is InChI=1S/C28H23N3O5/c32-26(11-8-18-4-3-5-20(16-18)31(33)34)30-13-12-22-21-6-1-2-7-23(21)29-27(22)28(30)19-9-10-24-25(17-19)36-15-14-35-24/h1-11,16-17,28-29H,12-15H2. The number of nitro groups is 1. The lowest BCUT2D eigenvalue weighted by Crippen LogP contribution is -2.39.